The molecule has 0 aromatic heterocycles. The monoisotopic (exact) mass is 358 g/mol. The van der Waals surface area contributed by atoms with E-state index in [1.54, 1.807) is 39.0 Å². The average molecular weight is 358 g/mol. The first-order chi connectivity index (χ1) is 12.1. The molecule has 0 aliphatic rings. The molecule has 0 heterocycles. The molecule has 0 saturated carbocycles. The molecule has 7 heteroatoms. The van der Waals surface area contributed by atoms with Crippen molar-refractivity contribution in [1.29, 1.82) is 0 Å². The number of hydrogen-bond acceptors (Lipinski definition) is 5. The summed E-state index contributed by atoms with van der Waals surface area (Å²) < 4.78 is 5.07. The Bertz CT molecular complexity index is 855. The molecule has 0 fully saturated rings. The summed E-state index contributed by atoms with van der Waals surface area (Å²) >= 11 is 0. The zero-order valence-corrected chi connectivity index (χ0v) is 15.1. The van der Waals surface area contributed by atoms with Gasteiger partial charge in [0.2, 0.25) is 0 Å². The number of ether oxygens (including phenoxy) is 1. The number of aromatic hydroxyl groups is 1. The third kappa shape index (κ3) is 4.95. The molecule has 0 aliphatic heterocycles. The van der Waals surface area contributed by atoms with Crippen molar-refractivity contribution in [3.63, 3.8) is 0 Å². The normalized spacial score (nSPS) is 12.3. The molecule has 1 unspecified atom stereocenters. The lowest BCUT2D eigenvalue weighted by Gasteiger charge is -2.21. The van der Waals surface area contributed by atoms with Crippen LogP contribution in [0.4, 0.5) is 4.79 Å². The van der Waals surface area contributed by atoms with Crippen LogP contribution in [0.5, 0.6) is 5.75 Å². The minimum absolute atomic E-state index is 0.0532. The number of fused-ring (bicyclic) bond motifs is 1. The Morgan fingerprint density at radius 3 is 2.23 bits per heavy atom. The van der Waals surface area contributed by atoms with E-state index in [9.17, 15) is 19.5 Å². The van der Waals surface area contributed by atoms with Gasteiger partial charge in [-0.05, 0) is 50.6 Å². The van der Waals surface area contributed by atoms with E-state index in [1.807, 2.05) is 6.07 Å². The Balaban J connectivity index is 2.06. The van der Waals surface area contributed by atoms with Crippen LogP contribution in [-0.2, 0) is 9.53 Å². The highest BCUT2D eigenvalue weighted by atomic mass is 16.5. The molecule has 3 N–H and O–H groups in total. The van der Waals surface area contributed by atoms with Gasteiger partial charge in [-0.25, -0.2) is 9.59 Å². The number of benzene rings is 2. The van der Waals surface area contributed by atoms with Gasteiger partial charge in [-0.2, -0.15) is 0 Å². The van der Waals surface area contributed by atoms with E-state index in [2.05, 4.69) is 10.6 Å². The Morgan fingerprint density at radius 1 is 1.08 bits per heavy atom. The van der Waals surface area contributed by atoms with Gasteiger partial charge in [-0.3, -0.25) is 10.1 Å². The van der Waals surface area contributed by atoms with Crippen molar-refractivity contribution in [1.82, 2.24) is 10.6 Å². The molecule has 26 heavy (non-hydrogen) atoms. The Hall–Kier alpha value is -3.09. The maximum absolute atomic E-state index is 12.3. The number of imide groups is 1. The van der Waals surface area contributed by atoms with Gasteiger partial charge in [0, 0.05) is 5.54 Å². The van der Waals surface area contributed by atoms with E-state index in [-0.39, 0.29) is 11.3 Å². The molecule has 7 nitrogen and oxygen atoms in total. The number of nitrogens with one attached hydrogen (secondary N) is 2. The number of phenolic OH excluding ortho intramolecular Hbond substituents is 1. The van der Waals surface area contributed by atoms with Crippen molar-refractivity contribution in [2.24, 2.45) is 0 Å². The second-order valence-corrected chi connectivity index (χ2v) is 6.96. The molecule has 0 radical (unpaired) electrons. The lowest BCUT2D eigenvalue weighted by molar-refractivity contribution is -0.127. The molecule has 1 atom stereocenters. The van der Waals surface area contributed by atoms with Crippen LogP contribution in [0.1, 0.15) is 38.1 Å². The molecule has 2 aromatic rings. The number of hydrogen-bond donors (Lipinski definition) is 3. The fourth-order valence-electron chi connectivity index (χ4n) is 2.25. The molecule has 138 valence electrons. The van der Waals surface area contributed by atoms with Gasteiger partial charge < -0.3 is 15.2 Å². The lowest BCUT2D eigenvalue weighted by Crippen LogP contribution is -2.50. The quantitative estimate of drug-likeness (QED) is 0.732. The van der Waals surface area contributed by atoms with Crippen molar-refractivity contribution in [2.45, 2.75) is 39.3 Å². The fourth-order valence-corrected chi connectivity index (χ4v) is 2.25. The second kappa shape index (κ2) is 7.43. The predicted octanol–water partition coefficient (Wildman–Crippen LogP) is 2.72. The first-order valence-corrected chi connectivity index (χ1v) is 8.12. The summed E-state index contributed by atoms with van der Waals surface area (Å²) in [5, 5.41) is 16.2. The van der Waals surface area contributed by atoms with Crippen molar-refractivity contribution < 1.29 is 24.2 Å². The average Bonchev–Trinajstić information content (AvgIpc) is 2.51. The van der Waals surface area contributed by atoms with Crippen LogP contribution >= 0.6 is 0 Å². The number of carbonyl (C=O) groups excluding carboxylic acids is 3. The van der Waals surface area contributed by atoms with E-state index < -0.39 is 29.6 Å². The molecule has 0 aliphatic carbocycles. The van der Waals surface area contributed by atoms with Crippen LogP contribution in [0.3, 0.4) is 0 Å². The smallest absolute Gasteiger partial charge is 0.342 e. The van der Waals surface area contributed by atoms with E-state index in [1.165, 1.54) is 19.1 Å². The number of urea groups is 1. The van der Waals surface area contributed by atoms with E-state index in [0.29, 0.717) is 0 Å². The molecule has 2 rings (SSSR count). The summed E-state index contributed by atoms with van der Waals surface area (Å²) in [6.45, 7) is 6.64. The van der Waals surface area contributed by atoms with Gasteiger partial charge in [-0.1, -0.05) is 24.3 Å². The van der Waals surface area contributed by atoms with Gasteiger partial charge >= 0.3 is 12.0 Å². The summed E-state index contributed by atoms with van der Waals surface area (Å²) in [6, 6.07) is 9.47. The maximum Gasteiger partial charge on any atom is 0.342 e. The van der Waals surface area contributed by atoms with Crippen LogP contribution in [0.15, 0.2) is 36.4 Å². The molecule has 0 bridgehead atoms. The predicted molar refractivity (Wildman–Crippen MR) is 96.9 cm³/mol. The minimum atomic E-state index is -1.21. The van der Waals surface area contributed by atoms with Crippen molar-refractivity contribution in [3.8, 4) is 5.75 Å². The molecule has 2 aromatic carbocycles. The number of amides is 3. The SMILES string of the molecule is CC(OC(=O)c1cc2ccccc2cc1O)C(=O)NC(=O)NC(C)(C)C. The minimum Gasteiger partial charge on any atom is -0.507 e. The van der Waals surface area contributed by atoms with Gasteiger partial charge in [0.1, 0.15) is 11.3 Å². The van der Waals surface area contributed by atoms with Crippen molar-refractivity contribution >= 4 is 28.7 Å². The first-order valence-electron chi connectivity index (χ1n) is 8.12. The van der Waals surface area contributed by atoms with Crippen LogP contribution in [0.2, 0.25) is 0 Å². The molecular weight excluding hydrogens is 336 g/mol. The van der Waals surface area contributed by atoms with Gasteiger partial charge in [0.05, 0.1) is 0 Å². The van der Waals surface area contributed by atoms with Crippen molar-refractivity contribution in [3.05, 3.63) is 42.0 Å². The van der Waals surface area contributed by atoms with Crippen LogP contribution < -0.4 is 10.6 Å². The standard InChI is InChI=1S/C19H22N2O5/c1-11(16(23)20-18(25)21-19(2,3)4)26-17(24)14-9-12-7-5-6-8-13(12)10-15(14)22/h5-11,22H,1-4H3,(H2,20,21,23,25). The Labute approximate surface area is 151 Å². The third-order valence-corrected chi connectivity index (χ3v) is 3.46. The fraction of sp³-hybridized carbons (Fsp3) is 0.316. The van der Waals surface area contributed by atoms with E-state index in [0.717, 1.165) is 10.8 Å². The summed E-state index contributed by atoms with van der Waals surface area (Å²) in [7, 11) is 0. The Kier molecular flexibility index (Phi) is 5.50. The Morgan fingerprint density at radius 2 is 1.65 bits per heavy atom. The highest BCUT2D eigenvalue weighted by Gasteiger charge is 2.24. The number of carbonyl (C=O) groups is 3. The molecule has 3 amide bonds. The molecular formula is C19H22N2O5. The largest absolute Gasteiger partial charge is 0.507 e. The van der Waals surface area contributed by atoms with Crippen molar-refractivity contribution in [2.75, 3.05) is 0 Å². The number of rotatable bonds is 3. The first kappa shape index (κ1) is 19.2. The summed E-state index contributed by atoms with van der Waals surface area (Å²) in [4.78, 5) is 36.0. The second-order valence-electron chi connectivity index (χ2n) is 6.96. The van der Waals surface area contributed by atoms with Gasteiger partial charge in [-0.15, -0.1) is 0 Å². The summed E-state index contributed by atoms with van der Waals surface area (Å²) in [6.07, 6.45) is -1.21. The zero-order chi connectivity index (χ0) is 19.5. The number of phenols is 1. The number of esters is 1. The van der Waals surface area contributed by atoms with Gasteiger partial charge in [0.25, 0.3) is 5.91 Å². The lowest BCUT2D eigenvalue weighted by atomic mass is 10.1. The highest BCUT2D eigenvalue weighted by molar-refractivity contribution is 6.01. The summed E-state index contributed by atoms with van der Waals surface area (Å²) in [5.74, 6) is -1.86. The maximum atomic E-state index is 12.3. The van der Waals surface area contributed by atoms with E-state index in [4.69, 9.17) is 4.74 Å². The summed E-state index contributed by atoms with van der Waals surface area (Å²) in [5.41, 5.74) is -0.566. The third-order valence-electron chi connectivity index (χ3n) is 3.46. The van der Waals surface area contributed by atoms with Crippen LogP contribution in [0, 0.1) is 0 Å². The molecule has 0 saturated heterocycles. The highest BCUT2D eigenvalue weighted by Crippen LogP contribution is 2.25. The van der Waals surface area contributed by atoms with E-state index >= 15 is 0 Å². The van der Waals surface area contributed by atoms with Gasteiger partial charge in [0.15, 0.2) is 6.10 Å². The van der Waals surface area contributed by atoms with Crippen LogP contribution in [0.25, 0.3) is 10.8 Å². The topological polar surface area (TPSA) is 105 Å². The molecule has 0 spiro atoms. The zero-order valence-electron chi connectivity index (χ0n) is 15.1. The van der Waals surface area contributed by atoms with Crippen LogP contribution in [-0.4, -0.2) is 34.7 Å².